The Hall–Kier alpha value is -0.950. The van der Waals surface area contributed by atoms with Gasteiger partial charge in [-0.2, -0.15) is 0 Å². The average molecular weight is 333 g/mol. The minimum Gasteiger partial charge on any atom is -0.350 e. The molecule has 1 saturated heterocycles. The molecule has 1 aromatic rings. The number of amides is 1. The SMILES string of the molecule is O=C(NCC1CCS(=O)(=O)C1)c1cccc(Br)n1. The molecule has 1 fully saturated rings. The van der Waals surface area contributed by atoms with E-state index in [0.29, 0.717) is 23.3 Å². The van der Waals surface area contributed by atoms with Crippen molar-refractivity contribution in [3.05, 3.63) is 28.5 Å². The van der Waals surface area contributed by atoms with E-state index in [1.165, 1.54) is 0 Å². The summed E-state index contributed by atoms with van der Waals surface area (Å²) in [5.74, 6) is 0.133. The van der Waals surface area contributed by atoms with E-state index >= 15 is 0 Å². The van der Waals surface area contributed by atoms with Crippen molar-refractivity contribution in [2.24, 2.45) is 5.92 Å². The monoisotopic (exact) mass is 332 g/mol. The Morgan fingerprint density at radius 3 is 2.89 bits per heavy atom. The van der Waals surface area contributed by atoms with Gasteiger partial charge in [0.15, 0.2) is 9.84 Å². The summed E-state index contributed by atoms with van der Waals surface area (Å²) in [6, 6.07) is 5.08. The van der Waals surface area contributed by atoms with E-state index in [4.69, 9.17) is 0 Å². The van der Waals surface area contributed by atoms with Gasteiger partial charge in [-0.05, 0) is 40.4 Å². The first-order valence-electron chi connectivity index (χ1n) is 5.57. The maximum atomic E-state index is 11.8. The van der Waals surface area contributed by atoms with Crippen LogP contribution in [0.3, 0.4) is 0 Å². The lowest BCUT2D eigenvalue weighted by Crippen LogP contribution is -2.30. The predicted molar refractivity (Wildman–Crippen MR) is 71.0 cm³/mol. The number of nitrogens with zero attached hydrogens (tertiary/aromatic N) is 1. The second-order valence-electron chi connectivity index (χ2n) is 4.32. The highest BCUT2D eigenvalue weighted by Gasteiger charge is 2.28. The highest BCUT2D eigenvalue weighted by molar-refractivity contribution is 9.10. The highest BCUT2D eigenvalue weighted by atomic mass is 79.9. The zero-order valence-electron chi connectivity index (χ0n) is 9.60. The van der Waals surface area contributed by atoms with Crippen LogP contribution < -0.4 is 5.32 Å². The maximum absolute atomic E-state index is 11.8. The molecular formula is C11H13BrN2O3S. The number of carbonyl (C=O) groups excluding carboxylic acids is 1. The zero-order valence-corrected chi connectivity index (χ0v) is 12.0. The molecule has 98 valence electrons. The van der Waals surface area contributed by atoms with Crippen molar-refractivity contribution < 1.29 is 13.2 Å². The third kappa shape index (κ3) is 3.52. The maximum Gasteiger partial charge on any atom is 0.269 e. The molecule has 0 radical (unpaired) electrons. The van der Waals surface area contributed by atoms with Crippen LogP contribution in [0.1, 0.15) is 16.9 Å². The molecule has 1 aliphatic heterocycles. The van der Waals surface area contributed by atoms with E-state index in [9.17, 15) is 13.2 Å². The molecule has 5 nitrogen and oxygen atoms in total. The van der Waals surface area contributed by atoms with Crippen LogP contribution in [0.4, 0.5) is 0 Å². The number of hydrogen-bond donors (Lipinski definition) is 1. The summed E-state index contributed by atoms with van der Waals surface area (Å²) in [6.45, 7) is 0.381. The molecule has 2 heterocycles. The van der Waals surface area contributed by atoms with Gasteiger partial charge in [-0.25, -0.2) is 13.4 Å². The van der Waals surface area contributed by atoms with E-state index < -0.39 is 9.84 Å². The van der Waals surface area contributed by atoms with Crippen LogP contribution >= 0.6 is 15.9 Å². The lowest BCUT2D eigenvalue weighted by molar-refractivity contribution is 0.0943. The van der Waals surface area contributed by atoms with Crippen molar-refractivity contribution in [2.45, 2.75) is 6.42 Å². The normalized spacial score (nSPS) is 21.7. The number of rotatable bonds is 3. The summed E-state index contributed by atoms with van der Waals surface area (Å²) < 4.78 is 23.1. The van der Waals surface area contributed by atoms with Crippen LogP contribution in [-0.2, 0) is 9.84 Å². The fourth-order valence-corrected chi connectivity index (χ4v) is 4.10. The van der Waals surface area contributed by atoms with Crippen LogP contribution in [0.5, 0.6) is 0 Å². The largest absolute Gasteiger partial charge is 0.350 e. The van der Waals surface area contributed by atoms with Crippen molar-refractivity contribution >= 4 is 31.7 Å². The van der Waals surface area contributed by atoms with E-state index in [1.807, 2.05) is 0 Å². The summed E-state index contributed by atoms with van der Waals surface area (Å²) >= 11 is 3.19. The van der Waals surface area contributed by atoms with Gasteiger partial charge in [-0.15, -0.1) is 0 Å². The minimum atomic E-state index is -2.89. The molecule has 0 bridgehead atoms. The van der Waals surface area contributed by atoms with E-state index in [1.54, 1.807) is 18.2 Å². The van der Waals surface area contributed by atoms with E-state index in [0.717, 1.165) is 0 Å². The van der Waals surface area contributed by atoms with Crippen LogP contribution in [0.25, 0.3) is 0 Å². The molecule has 2 rings (SSSR count). The van der Waals surface area contributed by atoms with Gasteiger partial charge < -0.3 is 5.32 Å². The Morgan fingerprint density at radius 1 is 1.50 bits per heavy atom. The lowest BCUT2D eigenvalue weighted by Gasteiger charge is -2.09. The number of aromatic nitrogens is 1. The first kappa shape index (κ1) is 13.5. The van der Waals surface area contributed by atoms with Crippen LogP contribution in [0.15, 0.2) is 22.8 Å². The number of halogens is 1. The Kier molecular flexibility index (Phi) is 4.01. The zero-order chi connectivity index (χ0) is 13.2. The molecule has 7 heteroatoms. The summed E-state index contributed by atoms with van der Waals surface area (Å²) in [5, 5.41) is 2.72. The van der Waals surface area contributed by atoms with Gasteiger partial charge in [0.05, 0.1) is 11.5 Å². The molecule has 0 saturated carbocycles. The van der Waals surface area contributed by atoms with Crippen molar-refractivity contribution in [3.63, 3.8) is 0 Å². The second kappa shape index (κ2) is 5.36. The molecule has 0 aliphatic carbocycles. The fraction of sp³-hybridized carbons (Fsp3) is 0.455. The molecule has 1 unspecified atom stereocenters. The number of carbonyl (C=O) groups is 1. The van der Waals surface area contributed by atoms with Gasteiger partial charge in [0, 0.05) is 6.54 Å². The second-order valence-corrected chi connectivity index (χ2v) is 7.37. The first-order valence-corrected chi connectivity index (χ1v) is 8.19. The predicted octanol–water partition coefficient (Wildman–Crippen LogP) is 1.01. The van der Waals surface area contributed by atoms with Gasteiger partial charge in [0.1, 0.15) is 10.3 Å². The van der Waals surface area contributed by atoms with Crippen LogP contribution in [0.2, 0.25) is 0 Å². The number of nitrogens with one attached hydrogen (secondary N) is 1. The van der Waals surface area contributed by atoms with Crippen LogP contribution in [0, 0.1) is 5.92 Å². The minimum absolute atomic E-state index is 0.0195. The van der Waals surface area contributed by atoms with Gasteiger partial charge in [0.2, 0.25) is 0 Å². The Labute approximate surface area is 114 Å². The Morgan fingerprint density at radius 2 is 2.28 bits per heavy atom. The molecule has 1 aliphatic rings. The summed E-state index contributed by atoms with van der Waals surface area (Å²) in [6.07, 6.45) is 0.620. The average Bonchev–Trinajstić information content (AvgIpc) is 2.66. The van der Waals surface area contributed by atoms with Crippen molar-refractivity contribution in [1.82, 2.24) is 10.3 Å². The third-order valence-electron chi connectivity index (χ3n) is 2.83. The van der Waals surface area contributed by atoms with Crippen molar-refractivity contribution in [2.75, 3.05) is 18.1 Å². The molecule has 1 aromatic heterocycles. The van der Waals surface area contributed by atoms with Gasteiger partial charge in [-0.3, -0.25) is 4.79 Å². The van der Waals surface area contributed by atoms with Crippen molar-refractivity contribution in [3.8, 4) is 0 Å². The lowest BCUT2D eigenvalue weighted by atomic mass is 10.1. The summed E-state index contributed by atoms with van der Waals surface area (Å²) in [5.41, 5.74) is 0.324. The number of pyridine rings is 1. The van der Waals surface area contributed by atoms with Gasteiger partial charge >= 0.3 is 0 Å². The third-order valence-corrected chi connectivity index (χ3v) is 5.10. The van der Waals surface area contributed by atoms with Gasteiger partial charge in [0.25, 0.3) is 5.91 Å². The molecule has 1 amide bonds. The molecule has 0 spiro atoms. The quantitative estimate of drug-likeness (QED) is 0.838. The Balaban J connectivity index is 1.90. The van der Waals surface area contributed by atoms with E-state index in [2.05, 4.69) is 26.2 Å². The summed E-state index contributed by atoms with van der Waals surface area (Å²) in [4.78, 5) is 15.8. The van der Waals surface area contributed by atoms with Gasteiger partial charge in [-0.1, -0.05) is 6.07 Å². The number of sulfone groups is 1. The molecule has 18 heavy (non-hydrogen) atoms. The summed E-state index contributed by atoms with van der Waals surface area (Å²) in [7, 11) is -2.89. The van der Waals surface area contributed by atoms with Crippen LogP contribution in [-0.4, -0.2) is 37.4 Å². The van der Waals surface area contributed by atoms with Crippen molar-refractivity contribution in [1.29, 1.82) is 0 Å². The first-order chi connectivity index (χ1) is 8.46. The molecule has 1 N–H and O–H groups in total. The topological polar surface area (TPSA) is 76.1 Å². The molecular weight excluding hydrogens is 320 g/mol. The number of hydrogen-bond acceptors (Lipinski definition) is 4. The Bertz CT molecular complexity index is 559. The smallest absolute Gasteiger partial charge is 0.269 e. The molecule has 0 aromatic carbocycles. The fourth-order valence-electron chi connectivity index (χ4n) is 1.90. The molecule has 1 atom stereocenters. The standard InChI is InChI=1S/C11H13BrN2O3S/c12-10-3-1-2-9(14-10)11(15)13-6-8-4-5-18(16,17)7-8/h1-3,8H,4-7H2,(H,13,15). The highest BCUT2D eigenvalue weighted by Crippen LogP contribution is 2.17. The van der Waals surface area contributed by atoms with E-state index in [-0.39, 0.29) is 23.3 Å².